The van der Waals surface area contributed by atoms with Crippen LogP contribution in [0.15, 0.2) is 69.1 Å². The Bertz CT molecular complexity index is 953. The highest BCUT2D eigenvalue weighted by Crippen LogP contribution is 2.19. The number of hydrogen-bond acceptors (Lipinski definition) is 4. The first kappa shape index (κ1) is 25.2. The number of amides is 1. The van der Waals surface area contributed by atoms with E-state index in [0.29, 0.717) is 6.42 Å². The highest BCUT2D eigenvalue weighted by Gasteiger charge is 2.26. The molecule has 31 heavy (non-hydrogen) atoms. The number of benzene rings is 2. The predicted octanol–water partition coefficient (Wildman–Crippen LogP) is 4.75. The Morgan fingerprint density at radius 3 is 2.19 bits per heavy atom. The van der Waals surface area contributed by atoms with E-state index in [9.17, 15) is 13.2 Å². The highest BCUT2D eigenvalue weighted by atomic mass is 79.9. The second-order valence-corrected chi connectivity index (χ2v) is 10.1. The summed E-state index contributed by atoms with van der Waals surface area (Å²) in [6, 6.07) is 16.0. The molecular formula is C23H30BrN3O3S. The summed E-state index contributed by atoms with van der Waals surface area (Å²) >= 11 is 3.32. The number of carbonyl (C=O) groups excluding carboxylic acids is 1. The van der Waals surface area contributed by atoms with Gasteiger partial charge in [0, 0.05) is 16.7 Å². The first-order valence-corrected chi connectivity index (χ1v) is 12.7. The summed E-state index contributed by atoms with van der Waals surface area (Å²) in [5.74, 6) is -0.446. The summed E-state index contributed by atoms with van der Waals surface area (Å²) in [6.45, 7) is 4.02. The summed E-state index contributed by atoms with van der Waals surface area (Å²) in [4.78, 5) is 12.7. The lowest BCUT2D eigenvalue weighted by Gasteiger charge is -2.21. The molecule has 2 aromatic rings. The molecule has 0 fully saturated rings. The van der Waals surface area contributed by atoms with Crippen molar-refractivity contribution in [3.8, 4) is 0 Å². The van der Waals surface area contributed by atoms with Crippen LogP contribution in [0.4, 0.5) is 0 Å². The van der Waals surface area contributed by atoms with E-state index in [2.05, 4.69) is 40.3 Å². The third-order valence-corrected chi connectivity index (χ3v) is 7.07. The lowest BCUT2D eigenvalue weighted by atomic mass is 10.1. The van der Waals surface area contributed by atoms with Gasteiger partial charge in [-0.1, -0.05) is 73.0 Å². The maximum atomic E-state index is 13.2. The molecule has 0 aliphatic rings. The van der Waals surface area contributed by atoms with Crippen molar-refractivity contribution in [1.82, 2.24) is 9.73 Å². The van der Waals surface area contributed by atoms with E-state index >= 15 is 0 Å². The van der Waals surface area contributed by atoms with E-state index in [1.54, 1.807) is 12.1 Å². The topological polar surface area (TPSA) is 78.8 Å². The number of hydrogen-bond donors (Lipinski definition) is 1. The SMILES string of the molecule is CCCC(CCC)=NNC(=O)CN(CCc1ccccc1)S(=O)(=O)c1ccc(Br)cc1. The van der Waals surface area contributed by atoms with Gasteiger partial charge in [-0.3, -0.25) is 4.79 Å². The molecule has 0 saturated carbocycles. The molecule has 0 atom stereocenters. The van der Waals surface area contributed by atoms with Gasteiger partial charge in [0.1, 0.15) is 0 Å². The molecule has 2 rings (SSSR count). The Morgan fingerprint density at radius 2 is 1.61 bits per heavy atom. The lowest BCUT2D eigenvalue weighted by Crippen LogP contribution is -2.40. The number of halogens is 1. The molecule has 1 amide bonds. The summed E-state index contributed by atoms with van der Waals surface area (Å²) in [5, 5.41) is 4.23. The molecular weight excluding hydrogens is 478 g/mol. The van der Waals surface area contributed by atoms with Crippen LogP contribution >= 0.6 is 15.9 Å². The van der Waals surface area contributed by atoms with Crippen LogP contribution in [0.1, 0.15) is 45.1 Å². The summed E-state index contributed by atoms with van der Waals surface area (Å²) < 4.78 is 28.5. The molecule has 2 aromatic carbocycles. The van der Waals surface area contributed by atoms with Crippen LogP contribution in [0.5, 0.6) is 0 Å². The van der Waals surface area contributed by atoms with Crippen molar-refractivity contribution in [3.05, 3.63) is 64.6 Å². The third kappa shape index (κ3) is 8.20. The summed E-state index contributed by atoms with van der Waals surface area (Å²) in [5.41, 5.74) is 4.48. The van der Waals surface area contributed by atoms with Gasteiger partial charge in [-0.15, -0.1) is 0 Å². The van der Waals surface area contributed by atoms with Crippen LogP contribution in [-0.4, -0.2) is 37.4 Å². The average molecular weight is 508 g/mol. The number of sulfonamides is 1. The van der Waals surface area contributed by atoms with E-state index in [-0.39, 0.29) is 18.0 Å². The molecule has 0 unspecified atom stereocenters. The monoisotopic (exact) mass is 507 g/mol. The fourth-order valence-electron chi connectivity index (χ4n) is 3.09. The molecule has 0 heterocycles. The fraction of sp³-hybridized carbons (Fsp3) is 0.391. The summed E-state index contributed by atoms with van der Waals surface area (Å²) in [6.07, 6.45) is 4.00. The second kappa shape index (κ2) is 12.7. The van der Waals surface area contributed by atoms with Crippen molar-refractivity contribution in [3.63, 3.8) is 0 Å². The van der Waals surface area contributed by atoms with E-state index in [1.807, 2.05) is 30.3 Å². The summed E-state index contributed by atoms with van der Waals surface area (Å²) in [7, 11) is -3.84. The standard InChI is InChI=1S/C23H30BrN3O3S/c1-3-8-21(9-4-2)25-26-23(28)18-27(17-16-19-10-6-5-7-11-19)31(29,30)22-14-12-20(24)13-15-22/h5-7,10-15H,3-4,8-9,16-18H2,1-2H3,(H,26,28). The number of nitrogens with one attached hydrogen (secondary N) is 1. The Morgan fingerprint density at radius 1 is 1.00 bits per heavy atom. The zero-order valence-corrected chi connectivity index (χ0v) is 20.5. The zero-order chi connectivity index (χ0) is 22.7. The van der Waals surface area contributed by atoms with Gasteiger partial charge in [0.15, 0.2) is 0 Å². The molecule has 0 radical (unpaired) electrons. The maximum Gasteiger partial charge on any atom is 0.255 e. The molecule has 0 spiro atoms. The van der Waals surface area contributed by atoms with Crippen LogP contribution in [0.25, 0.3) is 0 Å². The third-order valence-electron chi connectivity index (χ3n) is 4.68. The molecule has 0 aliphatic carbocycles. The molecule has 1 N–H and O–H groups in total. The van der Waals surface area contributed by atoms with Crippen LogP contribution in [0.3, 0.4) is 0 Å². The first-order valence-electron chi connectivity index (χ1n) is 10.5. The van der Waals surface area contributed by atoms with Crippen molar-refractivity contribution in [1.29, 1.82) is 0 Å². The van der Waals surface area contributed by atoms with E-state index in [1.165, 1.54) is 16.4 Å². The van der Waals surface area contributed by atoms with Gasteiger partial charge in [-0.25, -0.2) is 13.8 Å². The van der Waals surface area contributed by atoms with E-state index in [4.69, 9.17) is 0 Å². The molecule has 8 heteroatoms. The number of carbonyl (C=O) groups is 1. The van der Waals surface area contributed by atoms with Crippen LogP contribution in [0, 0.1) is 0 Å². The predicted molar refractivity (Wildman–Crippen MR) is 128 cm³/mol. The molecule has 168 valence electrons. The largest absolute Gasteiger partial charge is 0.272 e. The minimum absolute atomic E-state index is 0.151. The molecule has 0 aliphatic heterocycles. The van der Waals surface area contributed by atoms with Crippen LogP contribution in [0.2, 0.25) is 0 Å². The normalized spacial score (nSPS) is 11.4. The molecule has 0 bridgehead atoms. The maximum absolute atomic E-state index is 13.2. The van der Waals surface area contributed by atoms with Crippen molar-refractivity contribution in [2.24, 2.45) is 5.10 Å². The van der Waals surface area contributed by atoms with Gasteiger partial charge in [0.25, 0.3) is 5.91 Å². The van der Waals surface area contributed by atoms with Crippen molar-refractivity contribution >= 4 is 37.6 Å². The van der Waals surface area contributed by atoms with Gasteiger partial charge < -0.3 is 0 Å². The van der Waals surface area contributed by atoms with Crippen molar-refractivity contribution in [2.75, 3.05) is 13.1 Å². The molecule has 6 nitrogen and oxygen atoms in total. The van der Waals surface area contributed by atoms with E-state index < -0.39 is 15.9 Å². The quantitative estimate of drug-likeness (QED) is 0.332. The second-order valence-electron chi connectivity index (χ2n) is 7.24. The van der Waals surface area contributed by atoms with Gasteiger partial charge >= 0.3 is 0 Å². The first-order chi connectivity index (χ1) is 14.9. The van der Waals surface area contributed by atoms with E-state index in [0.717, 1.165) is 41.4 Å². The van der Waals surface area contributed by atoms with Crippen LogP contribution in [-0.2, 0) is 21.2 Å². The van der Waals surface area contributed by atoms with Crippen molar-refractivity contribution in [2.45, 2.75) is 50.8 Å². The molecule has 0 aromatic heterocycles. The minimum atomic E-state index is -3.84. The zero-order valence-electron chi connectivity index (χ0n) is 18.1. The fourth-order valence-corrected chi connectivity index (χ4v) is 4.75. The average Bonchev–Trinajstić information content (AvgIpc) is 2.76. The number of nitrogens with zero attached hydrogens (tertiary/aromatic N) is 2. The van der Waals surface area contributed by atoms with Gasteiger partial charge in [0.05, 0.1) is 11.4 Å². The smallest absolute Gasteiger partial charge is 0.255 e. The van der Waals surface area contributed by atoms with Crippen LogP contribution < -0.4 is 5.43 Å². The Labute approximate surface area is 193 Å². The lowest BCUT2D eigenvalue weighted by molar-refractivity contribution is -0.121. The van der Waals surface area contributed by atoms with Gasteiger partial charge in [-0.2, -0.15) is 9.41 Å². The van der Waals surface area contributed by atoms with Gasteiger partial charge in [-0.05, 0) is 49.1 Å². The Balaban J connectivity index is 2.19. The highest BCUT2D eigenvalue weighted by molar-refractivity contribution is 9.10. The van der Waals surface area contributed by atoms with Crippen molar-refractivity contribution < 1.29 is 13.2 Å². The molecule has 0 saturated heterocycles. The minimum Gasteiger partial charge on any atom is -0.272 e. The Kier molecular flexibility index (Phi) is 10.4. The Hall–Kier alpha value is -2.03. The number of hydrazone groups is 1. The van der Waals surface area contributed by atoms with Gasteiger partial charge in [0.2, 0.25) is 10.0 Å². The number of rotatable bonds is 12.